The van der Waals surface area contributed by atoms with Crippen LogP contribution in [0.25, 0.3) is 11.4 Å². The van der Waals surface area contributed by atoms with Crippen LogP contribution >= 0.6 is 11.3 Å². The number of hydrogen-bond acceptors (Lipinski definition) is 8. The van der Waals surface area contributed by atoms with Gasteiger partial charge in [-0.1, -0.05) is 5.16 Å². The van der Waals surface area contributed by atoms with Crippen molar-refractivity contribution in [1.29, 1.82) is 0 Å². The van der Waals surface area contributed by atoms with Crippen LogP contribution in [0.15, 0.2) is 38.3 Å². The minimum absolute atomic E-state index is 0.0275. The third kappa shape index (κ3) is 2.93. The summed E-state index contributed by atoms with van der Waals surface area (Å²) in [5, 5.41) is 11.4. The normalized spacial score (nSPS) is 10.6. The van der Waals surface area contributed by atoms with Crippen LogP contribution in [-0.4, -0.2) is 25.9 Å². The number of carbonyl (C=O) groups is 1. The number of aromatic nitrogens is 4. The fourth-order valence-corrected chi connectivity index (χ4v) is 2.27. The van der Waals surface area contributed by atoms with Crippen LogP contribution in [0.1, 0.15) is 16.4 Å². The molecule has 0 aliphatic rings. The van der Waals surface area contributed by atoms with E-state index in [4.69, 9.17) is 9.26 Å². The monoisotopic (exact) mass is 318 g/mol. The Kier molecular flexibility index (Phi) is 3.79. The highest BCUT2D eigenvalue weighted by Gasteiger charge is 2.14. The van der Waals surface area contributed by atoms with E-state index in [1.54, 1.807) is 0 Å². The van der Waals surface area contributed by atoms with Crippen LogP contribution in [0.4, 0.5) is 0 Å². The van der Waals surface area contributed by atoms with Gasteiger partial charge in [0, 0.05) is 24.1 Å². The van der Waals surface area contributed by atoms with Crippen LogP contribution < -0.4 is 5.56 Å². The summed E-state index contributed by atoms with van der Waals surface area (Å²) in [4.78, 5) is 27.2. The molecule has 0 aliphatic carbocycles. The van der Waals surface area contributed by atoms with E-state index >= 15 is 0 Å². The summed E-state index contributed by atoms with van der Waals surface area (Å²) >= 11 is 1.52. The molecule has 112 valence electrons. The van der Waals surface area contributed by atoms with Gasteiger partial charge in [-0.2, -0.15) is 21.4 Å². The highest BCUT2D eigenvalue weighted by Crippen LogP contribution is 2.18. The van der Waals surface area contributed by atoms with E-state index in [1.807, 2.05) is 16.8 Å². The molecule has 0 aromatic carbocycles. The first-order chi connectivity index (χ1) is 10.6. The van der Waals surface area contributed by atoms with Crippen molar-refractivity contribution in [3.63, 3.8) is 0 Å². The van der Waals surface area contributed by atoms with Crippen molar-refractivity contribution in [3.8, 4) is 11.4 Å². The quantitative estimate of drug-likeness (QED) is 0.667. The van der Waals surface area contributed by atoms with Crippen molar-refractivity contribution < 1.29 is 14.1 Å². The van der Waals surface area contributed by atoms with Crippen LogP contribution in [0.5, 0.6) is 0 Å². The van der Waals surface area contributed by atoms with Crippen molar-refractivity contribution in [3.05, 3.63) is 50.9 Å². The predicted molar refractivity (Wildman–Crippen MR) is 76.2 cm³/mol. The molecular formula is C13H10N4O4S. The summed E-state index contributed by atoms with van der Waals surface area (Å²) < 4.78 is 11.1. The molecule has 0 unspecified atom stereocenters. The van der Waals surface area contributed by atoms with Crippen LogP contribution in [0.2, 0.25) is 0 Å². The average Bonchev–Trinajstić information content (AvgIpc) is 3.18. The van der Waals surface area contributed by atoms with Gasteiger partial charge in [0.25, 0.3) is 11.4 Å². The third-order valence-corrected chi connectivity index (χ3v) is 3.43. The highest BCUT2D eigenvalue weighted by molar-refractivity contribution is 7.08. The van der Waals surface area contributed by atoms with Gasteiger partial charge in [0.1, 0.15) is 0 Å². The molecule has 3 aromatic rings. The van der Waals surface area contributed by atoms with E-state index in [0.29, 0.717) is 5.82 Å². The largest absolute Gasteiger partial charge is 0.451 e. The van der Waals surface area contributed by atoms with Crippen molar-refractivity contribution in [2.24, 2.45) is 7.05 Å². The molecule has 0 N–H and O–H groups in total. The molecule has 0 spiro atoms. The molecule has 0 amide bonds. The molecule has 0 bridgehead atoms. The molecule has 0 atom stereocenters. The summed E-state index contributed by atoms with van der Waals surface area (Å²) in [6, 6.07) is 4.40. The molecule has 0 aliphatic heterocycles. The van der Waals surface area contributed by atoms with Crippen LogP contribution in [0, 0.1) is 0 Å². The Morgan fingerprint density at radius 3 is 3.00 bits per heavy atom. The predicted octanol–water partition coefficient (Wildman–Crippen LogP) is 1.25. The number of hydrogen-bond donors (Lipinski definition) is 0. The molecule has 0 fully saturated rings. The van der Waals surface area contributed by atoms with Gasteiger partial charge in [0.05, 0.1) is 0 Å². The number of nitrogens with zero attached hydrogens (tertiary/aromatic N) is 4. The van der Waals surface area contributed by atoms with Gasteiger partial charge in [-0.3, -0.25) is 4.79 Å². The van der Waals surface area contributed by atoms with E-state index in [0.717, 1.165) is 10.2 Å². The summed E-state index contributed by atoms with van der Waals surface area (Å²) in [7, 11) is 1.45. The first-order valence-corrected chi connectivity index (χ1v) is 7.14. The average molecular weight is 318 g/mol. The topological polar surface area (TPSA) is 100 Å². The van der Waals surface area contributed by atoms with E-state index in [2.05, 4.69) is 15.2 Å². The molecule has 0 saturated heterocycles. The lowest BCUT2D eigenvalue weighted by Crippen LogP contribution is -2.21. The maximum Gasteiger partial charge on any atom is 0.359 e. The van der Waals surface area contributed by atoms with Crippen LogP contribution in [-0.2, 0) is 18.4 Å². The fraction of sp³-hybridized carbons (Fsp3) is 0.154. The lowest BCUT2D eigenvalue weighted by atomic mass is 10.3. The van der Waals surface area contributed by atoms with Gasteiger partial charge in [-0.15, -0.1) is 0 Å². The SMILES string of the molecule is Cn1nc(C(=O)OCc2nc(-c3ccsc3)no2)ccc1=O. The zero-order valence-electron chi connectivity index (χ0n) is 11.4. The molecule has 3 rings (SSSR count). The Bertz CT molecular complexity index is 853. The van der Waals surface area contributed by atoms with E-state index in [1.165, 1.54) is 30.5 Å². The number of thiophene rings is 1. The van der Waals surface area contributed by atoms with Gasteiger partial charge >= 0.3 is 5.97 Å². The van der Waals surface area contributed by atoms with E-state index in [-0.39, 0.29) is 23.8 Å². The lowest BCUT2D eigenvalue weighted by Gasteiger charge is -2.02. The molecule has 22 heavy (non-hydrogen) atoms. The van der Waals surface area contributed by atoms with E-state index < -0.39 is 5.97 Å². The Morgan fingerprint density at radius 2 is 2.27 bits per heavy atom. The van der Waals surface area contributed by atoms with Crippen molar-refractivity contribution in [2.45, 2.75) is 6.61 Å². The molecule has 3 heterocycles. The van der Waals surface area contributed by atoms with Gasteiger partial charge < -0.3 is 9.26 Å². The Balaban J connectivity index is 1.66. The Labute approximate surface area is 128 Å². The second-order valence-electron chi connectivity index (χ2n) is 4.28. The number of carbonyl (C=O) groups excluding carboxylic acids is 1. The maximum atomic E-state index is 11.8. The Hall–Kier alpha value is -2.81. The Morgan fingerprint density at radius 1 is 1.41 bits per heavy atom. The minimum atomic E-state index is -0.675. The molecule has 8 nitrogen and oxygen atoms in total. The van der Waals surface area contributed by atoms with Gasteiger partial charge in [0.15, 0.2) is 12.3 Å². The summed E-state index contributed by atoms with van der Waals surface area (Å²) in [6.45, 7) is -0.166. The standard InChI is InChI=1S/C13H10N4O4S/c1-17-11(18)3-2-9(15-17)13(19)20-6-10-14-12(16-21-10)8-4-5-22-7-8/h2-5,7H,6H2,1H3. The number of ether oxygens (including phenoxy) is 1. The highest BCUT2D eigenvalue weighted by atomic mass is 32.1. The summed E-state index contributed by atoms with van der Waals surface area (Å²) in [5.74, 6) is -0.0576. The number of rotatable bonds is 4. The molecular weight excluding hydrogens is 308 g/mol. The number of aryl methyl sites for hydroxylation is 1. The molecule has 0 radical (unpaired) electrons. The van der Waals surface area contributed by atoms with Crippen LogP contribution in [0.3, 0.4) is 0 Å². The van der Waals surface area contributed by atoms with Crippen molar-refractivity contribution >= 4 is 17.3 Å². The molecule has 3 aromatic heterocycles. The minimum Gasteiger partial charge on any atom is -0.451 e. The first-order valence-electron chi connectivity index (χ1n) is 6.20. The van der Waals surface area contributed by atoms with Gasteiger partial charge in [0.2, 0.25) is 5.82 Å². The summed E-state index contributed by atoms with van der Waals surface area (Å²) in [6.07, 6.45) is 0. The smallest absolute Gasteiger partial charge is 0.359 e. The molecule has 0 saturated carbocycles. The zero-order valence-corrected chi connectivity index (χ0v) is 12.2. The number of esters is 1. The third-order valence-electron chi connectivity index (χ3n) is 2.74. The van der Waals surface area contributed by atoms with Gasteiger partial charge in [-0.05, 0) is 17.5 Å². The van der Waals surface area contributed by atoms with E-state index in [9.17, 15) is 9.59 Å². The molecule has 9 heteroatoms. The fourth-order valence-electron chi connectivity index (χ4n) is 1.63. The maximum absolute atomic E-state index is 11.8. The second kappa shape index (κ2) is 5.90. The van der Waals surface area contributed by atoms with Crippen molar-refractivity contribution in [1.82, 2.24) is 19.9 Å². The first kappa shape index (κ1) is 14.1. The lowest BCUT2D eigenvalue weighted by molar-refractivity contribution is 0.0420. The second-order valence-corrected chi connectivity index (χ2v) is 5.06. The zero-order chi connectivity index (χ0) is 15.5. The van der Waals surface area contributed by atoms with Crippen molar-refractivity contribution in [2.75, 3.05) is 0 Å². The van der Waals surface area contributed by atoms with Gasteiger partial charge in [-0.25, -0.2) is 9.48 Å². The summed E-state index contributed by atoms with van der Waals surface area (Å²) in [5.41, 5.74) is 0.555.